The summed E-state index contributed by atoms with van der Waals surface area (Å²) in [6.45, 7) is 2.00. The smallest absolute Gasteiger partial charge is 0.358 e. The molecule has 0 atom stereocenters. The van der Waals surface area contributed by atoms with Gasteiger partial charge in [-0.2, -0.15) is 13.2 Å². The van der Waals surface area contributed by atoms with Gasteiger partial charge in [-0.05, 0) is 37.0 Å². The van der Waals surface area contributed by atoms with Crippen LogP contribution < -0.4 is 0 Å². The van der Waals surface area contributed by atoms with Crippen LogP contribution in [0.15, 0.2) is 24.3 Å². The lowest BCUT2D eigenvalue weighted by Crippen LogP contribution is -2.32. The number of hydrogen-bond acceptors (Lipinski definition) is 2. The Morgan fingerprint density at radius 3 is 2.25 bits per heavy atom. The predicted octanol–water partition coefficient (Wildman–Crippen LogP) is 4.71. The molecule has 0 amide bonds. The number of nitrogens with zero attached hydrogens (tertiary/aromatic N) is 1. The molecule has 0 spiro atoms. The molecular weight excluding hydrogens is 303 g/mol. The lowest BCUT2D eigenvalue weighted by Gasteiger charge is -2.28. The highest BCUT2D eigenvalue weighted by Gasteiger charge is 2.29. The van der Waals surface area contributed by atoms with E-state index < -0.39 is 11.7 Å². The fraction of sp³-hybridized carbons (Fsp3) is 0.500. The fourth-order valence-corrected chi connectivity index (χ4v) is 3.31. The number of likely N-dealkylation sites (tertiary alicyclic amines) is 1. The van der Waals surface area contributed by atoms with E-state index in [0.29, 0.717) is 5.75 Å². The number of alkyl halides is 3. The lowest BCUT2D eigenvalue weighted by molar-refractivity contribution is -0.137. The van der Waals surface area contributed by atoms with Crippen molar-refractivity contribution < 1.29 is 13.2 Å². The van der Waals surface area contributed by atoms with Gasteiger partial charge in [-0.3, -0.25) is 0 Å². The molecule has 6 heteroatoms. The van der Waals surface area contributed by atoms with Gasteiger partial charge >= 0.3 is 6.18 Å². The monoisotopic (exact) mass is 319 g/mol. The minimum Gasteiger partial charge on any atom is -0.358 e. The number of rotatable bonds is 2. The predicted molar refractivity (Wildman–Crippen MR) is 80.8 cm³/mol. The van der Waals surface area contributed by atoms with Gasteiger partial charge < -0.3 is 4.90 Å². The fourth-order valence-electron chi connectivity index (χ4n) is 2.10. The van der Waals surface area contributed by atoms with Crippen LogP contribution in [0.3, 0.4) is 0 Å². The molecule has 20 heavy (non-hydrogen) atoms. The van der Waals surface area contributed by atoms with Crippen LogP contribution in [0.5, 0.6) is 0 Å². The van der Waals surface area contributed by atoms with E-state index in [1.165, 1.54) is 43.2 Å². The standard InChI is InChI=1S/C14H16F3NS2/c15-14(16,17)12-6-4-11(5-7-12)10-20-13(19)18-8-2-1-3-9-18/h4-7H,1-3,8-10H2. The van der Waals surface area contributed by atoms with Gasteiger partial charge in [0.05, 0.1) is 5.56 Å². The summed E-state index contributed by atoms with van der Waals surface area (Å²) in [5, 5.41) is 0. The number of thioether (sulfide) groups is 1. The van der Waals surface area contributed by atoms with Crippen LogP contribution in [0, 0.1) is 0 Å². The molecule has 0 saturated carbocycles. The van der Waals surface area contributed by atoms with Crippen LogP contribution in [-0.4, -0.2) is 22.3 Å². The highest BCUT2D eigenvalue weighted by Crippen LogP contribution is 2.29. The third kappa shape index (κ3) is 4.38. The van der Waals surface area contributed by atoms with Gasteiger partial charge in [0, 0.05) is 18.8 Å². The van der Waals surface area contributed by atoms with Gasteiger partial charge in [-0.15, -0.1) is 0 Å². The molecule has 1 saturated heterocycles. The molecule has 0 N–H and O–H groups in total. The third-order valence-electron chi connectivity index (χ3n) is 3.26. The van der Waals surface area contributed by atoms with Gasteiger partial charge in [0.2, 0.25) is 0 Å². The first-order valence-electron chi connectivity index (χ1n) is 6.54. The zero-order chi connectivity index (χ0) is 14.6. The average molecular weight is 319 g/mol. The average Bonchev–Trinajstić information content (AvgIpc) is 2.45. The van der Waals surface area contributed by atoms with Gasteiger partial charge in [-0.25, -0.2) is 0 Å². The van der Waals surface area contributed by atoms with Crippen molar-refractivity contribution in [1.82, 2.24) is 4.90 Å². The molecule has 1 heterocycles. The number of hydrogen-bond donors (Lipinski definition) is 0. The van der Waals surface area contributed by atoms with Crippen LogP contribution in [0.2, 0.25) is 0 Å². The second-order valence-electron chi connectivity index (χ2n) is 4.80. The molecule has 1 fully saturated rings. The Morgan fingerprint density at radius 1 is 1.10 bits per heavy atom. The summed E-state index contributed by atoms with van der Waals surface area (Å²) < 4.78 is 38.2. The Kier molecular flexibility index (Phi) is 5.32. The van der Waals surface area contributed by atoms with Crippen molar-refractivity contribution in [3.63, 3.8) is 0 Å². The zero-order valence-corrected chi connectivity index (χ0v) is 12.6. The van der Waals surface area contributed by atoms with E-state index in [4.69, 9.17) is 12.2 Å². The minimum absolute atomic E-state index is 0.607. The molecule has 1 aromatic carbocycles. The van der Waals surface area contributed by atoms with Crippen molar-refractivity contribution in [2.45, 2.75) is 31.2 Å². The summed E-state index contributed by atoms with van der Waals surface area (Å²) in [4.78, 5) is 2.19. The lowest BCUT2D eigenvalue weighted by atomic mass is 10.1. The van der Waals surface area contributed by atoms with E-state index in [-0.39, 0.29) is 0 Å². The number of thiocarbonyl (C=S) groups is 1. The van der Waals surface area contributed by atoms with Gasteiger partial charge in [0.25, 0.3) is 0 Å². The van der Waals surface area contributed by atoms with Crippen molar-refractivity contribution >= 4 is 28.3 Å². The first kappa shape index (κ1) is 15.6. The van der Waals surface area contributed by atoms with E-state index in [1.807, 2.05) is 0 Å². The van der Waals surface area contributed by atoms with E-state index in [9.17, 15) is 13.2 Å². The summed E-state index contributed by atoms with van der Waals surface area (Å²) >= 11 is 6.89. The van der Waals surface area contributed by atoms with Crippen molar-refractivity contribution in [2.24, 2.45) is 0 Å². The van der Waals surface area contributed by atoms with Crippen LogP contribution in [0.25, 0.3) is 0 Å². The summed E-state index contributed by atoms with van der Waals surface area (Å²) in [5.41, 5.74) is 0.257. The van der Waals surface area contributed by atoms with E-state index in [2.05, 4.69) is 4.90 Å². The molecule has 0 unspecified atom stereocenters. The number of halogens is 3. The van der Waals surface area contributed by atoms with Crippen molar-refractivity contribution in [3.05, 3.63) is 35.4 Å². The maximum atomic E-state index is 12.4. The summed E-state index contributed by atoms with van der Waals surface area (Å²) in [6, 6.07) is 5.29. The minimum atomic E-state index is -4.27. The van der Waals surface area contributed by atoms with Crippen LogP contribution >= 0.6 is 24.0 Å². The largest absolute Gasteiger partial charge is 0.416 e. The topological polar surface area (TPSA) is 3.24 Å². The van der Waals surface area contributed by atoms with Gasteiger partial charge in [-0.1, -0.05) is 36.1 Å². The number of piperidine rings is 1. The quantitative estimate of drug-likeness (QED) is 0.727. The molecule has 1 nitrogen and oxygen atoms in total. The van der Waals surface area contributed by atoms with Crippen LogP contribution in [-0.2, 0) is 11.9 Å². The number of benzene rings is 1. The van der Waals surface area contributed by atoms with Crippen molar-refractivity contribution in [3.8, 4) is 0 Å². The van der Waals surface area contributed by atoms with Gasteiger partial charge in [0.1, 0.15) is 4.32 Å². The maximum Gasteiger partial charge on any atom is 0.416 e. The Morgan fingerprint density at radius 2 is 1.70 bits per heavy atom. The zero-order valence-electron chi connectivity index (χ0n) is 10.9. The van der Waals surface area contributed by atoms with Gasteiger partial charge in [0.15, 0.2) is 0 Å². The summed E-state index contributed by atoms with van der Waals surface area (Å²) in [6.07, 6.45) is -0.681. The van der Waals surface area contributed by atoms with Crippen LogP contribution in [0.4, 0.5) is 13.2 Å². The molecule has 1 aliphatic rings. The van der Waals surface area contributed by atoms with E-state index in [1.54, 1.807) is 0 Å². The normalized spacial score (nSPS) is 16.2. The maximum absolute atomic E-state index is 12.4. The summed E-state index contributed by atoms with van der Waals surface area (Å²) in [5.74, 6) is 0.619. The third-order valence-corrected chi connectivity index (χ3v) is 4.85. The summed E-state index contributed by atoms with van der Waals surface area (Å²) in [7, 11) is 0. The van der Waals surface area contributed by atoms with Crippen molar-refractivity contribution in [1.29, 1.82) is 0 Å². The molecular formula is C14H16F3NS2. The van der Waals surface area contributed by atoms with Crippen molar-refractivity contribution in [2.75, 3.05) is 13.1 Å². The highest BCUT2D eigenvalue weighted by molar-refractivity contribution is 8.22. The molecule has 0 radical (unpaired) electrons. The Balaban J connectivity index is 1.86. The molecule has 0 bridgehead atoms. The highest BCUT2D eigenvalue weighted by atomic mass is 32.2. The van der Waals surface area contributed by atoms with E-state index in [0.717, 1.165) is 35.1 Å². The second-order valence-corrected chi connectivity index (χ2v) is 6.41. The Hall–Kier alpha value is -0.750. The molecule has 0 aliphatic carbocycles. The first-order chi connectivity index (χ1) is 9.47. The molecule has 0 aromatic heterocycles. The molecule has 2 rings (SSSR count). The SMILES string of the molecule is FC(F)(F)c1ccc(CSC(=S)N2CCCCC2)cc1. The Bertz CT molecular complexity index is 450. The van der Waals surface area contributed by atoms with Crippen LogP contribution in [0.1, 0.15) is 30.4 Å². The molecule has 1 aromatic rings. The first-order valence-corrected chi connectivity index (χ1v) is 7.94. The molecule has 1 aliphatic heterocycles. The van der Waals surface area contributed by atoms with E-state index >= 15 is 0 Å². The Labute approximate surface area is 126 Å². The molecule has 110 valence electrons. The second kappa shape index (κ2) is 6.80.